The van der Waals surface area contributed by atoms with Gasteiger partial charge < -0.3 is 14.9 Å². The summed E-state index contributed by atoms with van der Waals surface area (Å²) in [4.78, 5) is 0. The van der Waals surface area contributed by atoms with E-state index in [0.717, 1.165) is 5.56 Å². The summed E-state index contributed by atoms with van der Waals surface area (Å²) in [5.41, 5.74) is 0.653. The standard InChI is InChI=1S/C14H19F3O3/c1-11-3-2-4-12(7-11)13(8-18,9-19)5-6-20-10-14(15,16)17/h2-4,7,18-19H,5-6,8-10H2,1H3. The molecule has 0 spiro atoms. The molecule has 1 rings (SSSR count). The Morgan fingerprint density at radius 1 is 1.15 bits per heavy atom. The Hall–Kier alpha value is -1.11. The van der Waals surface area contributed by atoms with Gasteiger partial charge in [0.25, 0.3) is 0 Å². The van der Waals surface area contributed by atoms with Crippen molar-refractivity contribution in [2.45, 2.75) is 24.9 Å². The summed E-state index contributed by atoms with van der Waals surface area (Å²) in [6.45, 7) is -0.365. The van der Waals surface area contributed by atoms with Gasteiger partial charge in [0.1, 0.15) is 6.61 Å². The van der Waals surface area contributed by atoms with Crippen LogP contribution in [-0.2, 0) is 10.2 Å². The van der Waals surface area contributed by atoms with E-state index in [1.165, 1.54) is 0 Å². The number of aliphatic hydroxyl groups excluding tert-OH is 2. The Labute approximate surface area is 116 Å². The molecule has 0 saturated carbocycles. The Balaban J connectivity index is 2.72. The zero-order valence-corrected chi connectivity index (χ0v) is 11.3. The number of benzene rings is 1. The summed E-state index contributed by atoms with van der Waals surface area (Å²) in [7, 11) is 0. The molecule has 0 amide bonds. The van der Waals surface area contributed by atoms with Crippen molar-refractivity contribution in [3.63, 3.8) is 0 Å². The first-order chi connectivity index (χ1) is 9.33. The highest BCUT2D eigenvalue weighted by Gasteiger charge is 2.32. The maximum absolute atomic E-state index is 12.0. The van der Waals surface area contributed by atoms with E-state index < -0.39 is 18.2 Å². The topological polar surface area (TPSA) is 49.7 Å². The third-order valence-corrected chi connectivity index (χ3v) is 3.23. The number of rotatable bonds is 7. The van der Waals surface area contributed by atoms with Gasteiger partial charge in [-0.15, -0.1) is 0 Å². The van der Waals surface area contributed by atoms with Gasteiger partial charge in [0.2, 0.25) is 0 Å². The van der Waals surface area contributed by atoms with E-state index in [1.807, 2.05) is 13.0 Å². The summed E-state index contributed by atoms with van der Waals surface area (Å²) in [6, 6.07) is 7.18. The summed E-state index contributed by atoms with van der Waals surface area (Å²) in [5.74, 6) is 0. The molecular weight excluding hydrogens is 273 g/mol. The van der Waals surface area contributed by atoms with Crippen LogP contribution < -0.4 is 0 Å². The van der Waals surface area contributed by atoms with Crippen molar-refractivity contribution in [3.8, 4) is 0 Å². The molecule has 0 bridgehead atoms. The number of ether oxygens (including phenoxy) is 1. The molecule has 0 aliphatic heterocycles. The van der Waals surface area contributed by atoms with Crippen LogP contribution in [0.3, 0.4) is 0 Å². The first-order valence-corrected chi connectivity index (χ1v) is 6.26. The van der Waals surface area contributed by atoms with Crippen LogP contribution in [0, 0.1) is 6.92 Å². The van der Waals surface area contributed by atoms with Crippen LogP contribution in [0.4, 0.5) is 13.2 Å². The van der Waals surface area contributed by atoms with E-state index in [2.05, 4.69) is 4.74 Å². The number of aliphatic hydroxyl groups is 2. The highest BCUT2D eigenvalue weighted by molar-refractivity contribution is 5.30. The summed E-state index contributed by atoms with van der Waals surface area (Å²) in [6.07, 6.45) is -4.26. The predicted octanol–water partition coefficient (Wildman–Crippen LogP) is 2.19. The monoisotopic (exact) mass is 292 g/mol. The van der Waals surface area contributed by atoms with Crippen LogP contribution in [0.2, 0.25) is 0 Å². The van der Waals surface area contributed by atoms with Gasteiger partial charge in [-0.25, -0.2) is 0 Å². The van der Waals surface area contributed by atoms with Crippen LogP contribution in [-0.4, -0.2) is 42.8 Å². The van der Waals surface area contributed by atoms with E-state index in [0.29, 0.717) is 5.56 Å². The van der Waals surface area contributed by atoms with Crippen molar-refractivity contribution in [3.05, 3.63) is 35.4 Å². The Kier molecular flexibility index (Phi) is 5.98. The van der Waals surface area contributed by atoms with Crippen LogP contribution in [0.15, 0.2) is 24.3 Å². The molecule has 20 heavy (non-hydrogen) atoms. The summed E-state index contributed by atoms with van der Waals surface area (Å²) < 4.78 is 40.5. The molecular formula is C14H19F3O3. The zero-order valence-electron chi connectivity index (χ0n) is 11.3. The minimum Gasteiger partial charge on any atom is -0.395 e. The molecule has 0 aromatic heterocycles. The molecule has 1 aromatic carbocycles. The zero-order chi connectivity index (χ0) is 15.2. The van der Waals surface area contributed by atoms with E-state index >= 15 is 0 Å². The third kappa shape index (κ3) is 4.77. The number of alkyl halides is 3. The van der Waals surface area contributed by atoms with Crippen LogP contribution in [0.25, 0.3) is 0 Å². The van der Waals surface area contributed by atoms with E-state index in [1.54, 1.807) is 18.2 Å². The van der Waals surface area contributed by atoms with E-state index in [9.17, 15) is 23.4 Å². The number of hydrogen-bond acceptors (Lipinski definition) is 3. The fourth-order valence-electron chi connectivity index (χ4n) is 1.97. The molecule has 0 radical (unpaired) electrons. The van der Waals surface area contributed by atoms with E-state index in [4.69, 9.17) is 0 Å². The van der Waals surface area contributed by atoms with Gasteiger partial charge in [-0.1, -0.05) is 29.8 Å². The first-order valence-electron chi connectivity index (χ1n) is 6.26. The average Bonchev–Trinajstić information content (AvgIpc) is 2.38. The molecule has 0 heterocycles. The minimum absolute atomic E-state index is 0.111. The molecule has 0 unspecified atom stereocenters. The lowest BCUT2D eigenvalue weighted by molar-refractivity contribution is -0.175. The molecule has 1 aromatic rings. The lowest BCUT2D eigenvalue weighted by atomic mass is 9.79. The molecule has 114 valence electrons. The quantitative estimate of drug-likeness (QED) is 0.757. The predicted molar refractivity (Wildman–Crippen MR) is 68.5 cm³/mol. The van der Waals surface area contributed by atoms with Gasteiger partial charge in [-0.05, 0) is 18.9 Å². The maximum atomic E-state index is 12.0. The van der Waals surface area contributed by atoms with Crippen molar-refractivity contribution < 1.29 is 28.1 Å². The van der Waals surface area contributed by atoms with Crippen molar-refractivity contribution in [1.82, 2.24) is 0 Å². The lowest BCUT2D eigenvalue weighted by Crippen LogP contribution is -2.36. The third-order valence-electron chi connectivity index (χ3n) is 3.23. The lowest BCUT2D eigenvalue weighted by Gasteiger charge is -2.30. The highest BCUT2D eigenvalue weighted by Crippen LogP contribution is 2.28. The Bertz CT molecular complexity index is 414. The second-order valence-corrected chi connectivity index (χ2v) is 4.88. The van der Waals surface area contributed by atoms with Crippen LogP contribution in [0.5, 0.6) is 0 Å². The highest BCUT2D eigenvalue weighted by atomic mass is 19.4. The van der Waals surface area contributed by atoms with Gasteiger partial charge >= 0.3 is 6.18 Å². The maximum Gasteiger partial charge on any atom is 0.411 e. The summed E-state index contributed by atoms with van der Waals surface area (Å²) >= 11 is 0. The molecule has 0 fully saturated rings. The Morgan fingerprint density at radius 2 is 1.80 bits per heavy atom. The summed E-state index contributed by atoms with van der Waals surface area (Å²) in [5, 5.41) is 19.1. The van der Waals surface area contributed by atoms with Crippen LogP contribution in [0.1, 0.15) is 17.5 Å². The fourth-order valence-corrected chi connectivity index (χ4v) is 1.97. The minimum atomic E-state index is -4.37. The van der Waals surface area contributed by atoms with Crippen molar-refractivity contribution in [2.75, 3.05) is 26.4 Å². The molecule has 0 atom stereocenters. The van der Waals surface area contributed by atoms with Crippen LogP contribution >= 0.6 is 0 Å². The van der Waals surface area contributed by atoms with Gasteiger partial charge in [0, 0.05) is 12.0 Å². The largest absolute Gasteiger partial charge is 0.411 e. The molecule has 0 aliphatic rings. The molecule has 0 aliphatic carbocycles. The number of halogens is 3. The average molecular weight is 292 g/mol. The van der Waals surface area contributed by atoms with Gasteiger partial charge in [0.15, 0.2) is 0 Å². The van der Waals surface area contributed by atoms with E-state index in [-0.39, 0.29) is 26.2 Å². The molecule has 0 saturated heterocycles. The number of aryl methyl sites for hydroxylation is 1. The van der Waals surface area contributed by atoms with Gasteiger partial charge in [-0.3, -0.25) is 0 Å². The van der Waals surface area contributed by atoms with Crippen molar-refractivity contribution in [1.29, 1.82) is 0 Å². The van der Waals surface area contributed by atoms with Gasteiger partial charge in [0.05, 0.1) is 13.2 Å². The second kappa shape index (κ2) is 7.06. The smallest absolute Gasteiger partial charge is 0.395 e. The SMILES string of the molecule is Cc1cccc(C(CO)(CO)CCOCC(F)(F)F)c1. The Morgan fingerprint density at radius 3 is 2.30 bits per heavy atom. The second-order valence-electron chi connectivity index (χ2n) is 4.88. The van der Waals surface area contributed by atoms with Crippen molar-refractivity contribution >= 4 is 0 Å². The normalized spacial score (nSPS) is 12.7. The molecule has 6 heteroatoms. The van der Waals surface area contributed by atoms with Gasteiger partial charge in [-0.2, -0.15) is 13.2 Å². The molecule has 3 nitrogen and oxygen atoms in total. The molecule has 2 N–H and O–H groups in total. The first kappa shape index (κ1) is 16.9. The fraction of sp³-hybridized carbons (Fsp3) is 0.571. The number of hydrogen-bond donors (Lipinski definition) is 2. The van der Waals surface area contributed by atoms with Crippen molar-refractivity contribution in [2.24, 2.45) is 0 Å².